The first-order valence-electron chi connectivity index (χ1n) is 7.66. The number of rotatable bonds is 7. The van der Waals surface area contributed by atoms with Crippen molar-refractivity contribution in [2.45, 2.75) is 40.5 Å². The summed E-state index contributed by atoms with van der Waals surface area (Å²) >= 11 is 1.77. The van der Waals surface area contributed by atoms with Gasteiger partial charge in [-0.2, -0.15) is 0 Å². The second-order valence-corrected chi connectivity index (χ2v) is 6.69. The van der Waals surface area contributed by atoms with Crippen LogP contribution in [0.25, 0.3) is 0 Å². The molecule has 0 aliphatic carbocycles. The molecule has 0 spiro atoms. The Hall–Kier alpha value is -1.26. The summed E-state index contributed by atoms with van der Waals surface area (Å²) in [6.45, 7) is 10.7. The van der Waals surface area contributed by atoms with Crippen molar-refractivity contribution in [3.8, 4) is 0 Å². The van der Waals surface area contributed by atoms with Gasteiger partial charge in [-0.15, -0.1) is 11.3 Å². The summed E-state index contributed by atoms with van der Waals surface area (Å²) in [5.41, 5.74) is 3.59. The van der Waals surface area contributed by atoms with Gasteiger partial charge in [-0.05, 0) is 56.3 Å². The predicted octanol–water partition coefficient (Wildman–Crippen LogP) is 3.53. The van der Waals surface area contributed by atoms with E-state index in [1.54, 1.807) is 11.3 Å². The number of thiophene rings is 1. The molecule has 0 fully saturated rings. The Morgan fingerprint density at radius 1 is 1.24 bits per heavy atom. The summed E-state index contributed by atoms with van der Waals surface area (Å²) in [6, 6.07) is 4.22. The molecule has 21 heavy (non-hydrogen) atoms. The minimum Gasteiger partial charge on any atom is -0.317 e. The van der Waals surface area contributed by atoms with Crippen LogP contribution in [0.1, 0.15) is 41.5 Å². The highest BCUT2D eigenvalue weighted by Gasteiger charge is 2.12. The lowest BCUT2D eigenvalue weighted by Gasteiger charge is -2.15. The number of nitrogens with one attached hydrogen (secondary N) is 1. The molecule has 2 aromatic heterocycles. The summed E-state index contributed by atoms with van der Waals surface area (Å²) < 4.78 is 0. The Balaban J connectivity index is 2.09. The van der Waals surface area contributed by atoms with E-state index in [1.807, 2.05) is 0 Å². The average Bonchev–Trinajstić information content (AvgIpc) is 2.93. The number of aryl methyl sites for hydroxylation is 2. The normalized spacial score (nSPS) is 12.6. The van der Waals surface area contributed by atoms with Crippen LogP contribution in [-0.4, -0.2) is 23.1 Å². The van der Waals surface area contributed by atoms with Crippen LogP contribution in [0.15, 0.2) is 17.5 Å². The van der Waals surface area contributed by atoms with Crippen LogP contribution in [0.5, 0.6) is 0 Å². The molecule has 0 radical (unpaired) electrons. The lowest BCUT2D eigenvalue weighted by atomic mass is 9.98. The molecule has 0 aromatic carbocycles. The first-order valence-corrected chi connectivity index (χ1v) is 8.54. The van der Waals surface area contributed by atoms with Crippen LogP contribution in [-0.2, 0) is 12.8 Å². The maximum Gasteiger partial charge on any atom is 0.134 e. The number of hydrogen-bond donors (Lipinski definition) is 1. The van der Waals surface area contributed by atoms with Gasteiger partial charge in [0.1, 0.15) is 5.82 Å². The van der Waals surface area contributed by atoms with Gasteiger partial charge < -0.3 is 5.32 Å². The third-order valence-corrected chi connectivity index (χ3v) is 4.55. The maximum absolute atomic E-state index is 4.72. The maximum atomic E-state index is 4.72. The van der Waals surface area contributed by atoms with E-state index < -0.39 is 0 Å². The van der Waals surface area contributed by atoms with Gasteiger partial charge in [0.25, 0.3) is 0 Å². The highest BCUT2D eigenvalue weighted by molar-refractivity contribution is 7.09. The lowest BCUT2D eigenvalue weighted by Crippen LogP contribution is -2.22. The van der Waals surface area contributed by atoms with E-state index in [1.165, 1.54) is 10.4 Å². The molecule has 2 heterocycles. The Bertz CT molecular complexity index is 540. The van der Waals surface area contributed by atoms with Crippen LogP contribution in [0.2, 0.25) is 0 Å². The Kier molecular flexibility index (Phi) is 5.88. The zero-order valence-electron chi connectivity index (χ0n) is 13.4. The van der Waals surface area contributed by atoms with Crippen molar-refractivity contribution in [2.75, 3.05) is 13.1 Å². The van der Waals surface area contributed by atoms with Crippen LogP contribution >= 0.6 is 11.3 Å². The summed E-state index contributed by atoms with van der Waals surface area (Å²) in [5, 5.41) is 5.51. The molecule has 0 aliphatic heterocycles. The van der Waals surface area contributed by atoms with E-state index in [-0.39, 0.29) is 0 Å². The minimum atomic E-state index is 0.606. The fourth-order valence-corrected chi connectivity index (χ4v) is 3.27. The topological polar surface area (TPSA) is 37.8 Å². The predicted molar refractivity (Wildman–Crippen MR) is 90.0 cm³/mol. The van der Waals surface area contributed by atoms with Gasteiger partial charge in [0.2, 0.25) is 0 Å². The zero-order valence-corrected chi connectivity index (χ0v) is 14.3. The van der Waals surface area contributed by atoms with Gasteiger partial charge in [0, 0.05) is 22.7 Å². The fourth-order valence-electron chi connectivity index (χ4n) is 2.56. The first kappa shape index (κ1) is 16.1. The Morgan fingerprint density at radius 2 is 1.95 bits per heavy atom. The largest absolute Gasteiger partial charge is 0.317 e. The van der Waals surface area contributed by atoms with Crippen LogP contribution in [0, 0.1) is 19.8 Å². The molecule has 114 valence electrons. The van der Waals surface area contributed by atoms with Crippen molar-refractivity contribution in [1.82, 2.24) is 15.3 Å². The molecule has 0 saturated heterocycles. The monoisotopic (exact) mass is 303 g/mol. The molecule has 1 unspecified atom stereocenters. The third-order valence-electron chi connectivity index (χ3n) is 3.67. The highest BCUT2D eigenvalue weighted by Crippen LogP contribution is 2.18. The molecule has 1 N–H and O–H groups in total. The van der Waals surface area contributed by atoms with Crippen LogP contribution < -0.4 is 5.32 Å². The molecular weight excluding hydrogens is 278 g/mol. The van der Waals surface area contributed by atoms with E-state index in [4.69, 9.17) is 9.97 Å². The number of nitrogens with zero attached hydrogens (tertiary/aromatic N) is 2. The minimum absolute atomic E-state index is 0.606. The van der Waals surface area contributed by atoms with E-state index in [0.717, 1.165) is 43.1 Å². The van der Waals surface area contributed by atoms with Gasteiger partial charge in [-0.25, -0.2) is 9.97 Å². The van der Waals surface area contributed by atoms with E-state index in [2.05, 4.69) is 50.5 Å². The van der Waals surface area contributed by atoms with Gasteiger partial charge in [-0.3, -0.25) is 0 Å². The number of aromatic nitrogens is 2. The summed E-state index contributed by atoms with van der Waals surface area (Å²) in [4.78, 5) is 10.8. The third kappa shape index (κ3) is 4.61. The fraction of sp³-hybridized carbons (Fsp3) is 0.529. The smallest absolute Gasteiger partial charge is 0.134 e. The molecule has 0 bridgehead atoms. The molecule has 1 atom stereocenters. The average molecular weight is 303 g/mol. The molecule has 0 saturated carbocycles. The molecule has 3 nitrogen and oxygen atoms in total. The van der Waals surface area contributed by atoms with Crippen LogP contribution in [0.4, 0.5) is 0 Å². The van der Waals surface area contributed by atoms with Crippen molar-refractivity contribution in [1.29, 1.82) is 0 Å². The molecule has 2 aromatic rings. The molecule has 0 amide bonds. The molecular formula is C17H25N3S. The van der Waals surface area contributed by atoms with Gasteiger partial charge in [0.05, 0.1) is 0 Å². The molecule has 0 aliphatic rings. The molecule has 4 heteroatoms. The van der Waals surface area contributed by atoms with Crippen molar-refractivity contribution < 1.29 is 0 Å². The SMILES string of the molecule is CCNCC(C)Cc1c(C)nc(Cc2cccs2)nc1C. The van der Waals surface area contributed by atoms with Gasteiger partial charge >= 0.3 is 0 Å². The highest BCUT2D eigenvalue weighted by atomic mass is 32.1. The van der Waals surface area contributed by atoms with Gasteiger partial charge in [-0.1, -0.05) is 19.9 Å². The second kappa shape index (κ2) is 7.66. The second-order valence-electron chi connectivity index (χ2n) is 5.66. The van der Waals surface area contributed by atoms with Gasteiger partial charge in [0.15, 0.2) is 0 Å². The number of hydrogen-bond acceptors (Lipinski definition) is 4. The van der Waals surface area contributed by atoms with Crippen molar-refractivity contribution in [3.05, 3.63) is 45.2 Å². The van der Waals surface area contributed by atoms with Crippen molar-refractivity contribution in [3.63, 3.8) is 0 Å². The quantitative estimate of drug-likeness (QED) is 0.850. The van der Waals surface area contributed by atoms with E-state index in [0.29, 0.717) is 5.92 Å². The Morgan fingerprint density at radius 3 is 2.52 bits per heavy atom. The Labute approximate surface area is 131 Å². The van der Waals surface area contributed by atoms with E-state index >= 15 is 0 Å². The summed E-state index contributed by atoms with van der Waals surface area (Å²) in [6.07, 6.45) is 1.89. The van der Waals surface area contributed by atoms with E-state index in [9.17, 15) is 0 Å². The van der Waals surface area contributed by atoms with Crippen molar-refractivity contribution >= 4 is 11.3 Å². The standard InChI is InChI=1S/C17H25N3S/c1-5-18-11-12(2)9-16-13(3)19-17(20-14(16)4)10-15-7-6-8-21-15/h6-8,12,18H,5,9-11H2,1-4H3. The summed E-state index contributed by atoms with van der Waals surface area (Å²) in [5.74, 6) is 1.55. The zero-order chi connectivity index (χ0) is 15.2. The summed E-state index contributed by atoms with van der Waals surface area (Å²) in [7, 11) is 0. The lowest BCUT2D eigenvalue weighted by molar-refractivity contribution is 0.517. The van der Waals surface area contributed by atoms with Crippen molar-refractivity contribution in [2.24, 2.45) is 5.92 Å². The molecule has 2 rings (SSSR count). The first-order chi connectivity index (χ1) is 10.1. The van der Waals surface area contributed by atoms with Crippen LogP contribution in [0.3, 0.4) is 0 Å².